The van der Waals surface area contributed by atoms with E-state index in [1.54, 1.807) is 0 Å². The molecule has 1 saturated carbocycles. The minimum atomic E-state index is -0.0973. The molecule has 2 N–H and O–H groups in total. The number of benzene rings is 1. The first-order valence-electron chi connectivity index (χ1n) is 8.74. The van der Waals surface area contributed by atoms with E-state index >= 15 is 0 Å². The molecule has 2 aromatic rings. The van der Waals surface area contributed by atoms with Crippen molar-refractivity contribution >= 4 is 5.91 Å². The molecule has 2 aliphatic rings. The van der Waals surface area contributed by atoms with E-state index in [1.165, 1.54) is 18.4 Å². The van der Waals surface area contributed by atoms with Gasteiger partial charge in [0.15, 0.2) is 0 Å². The van der Waals surface area contributed by atoms with Crippen LogP contribution in [0.5, 0.6) is 0 Å². The third-order valence-electron chi connectivity index (χ3n) is 5.27. The molecule has 0 unspecified atom stereocenters. The number of aromatic amines is 1. The van der Waals surface area contributed by atoms with E-state index in [1.807, 2.05) is 12.1 Å². The van der Waals surface area contributed by atoms with Gasteiger partial charge in [0.2, 0.25) is 0 Å². The van der Waals surface area contributed by atoms with Crippen molar-refractivity contribution in [2.45, 2.75) is 37.0 Å². The average molecular weight is 325 g/mol. The van der Waals surface area contributed by atoms with Crippen molar-refractivity contribution in [2.24, 2.45) is 0 Å². The zero-order chi connectivity index (χ0) is 16.4. The highest BCUT2D eigenvalue weighted by Crippen LogP contribution is 2.39. The molecule has 2 fully saturated rings. The van der Waals surface area contributed by atoms with E-state index in [0.29, 0.717) is 18.2 Å². The van der Waals surface area contributed by atoms with Gasteiger partial charge < -0.3 is 10.1 Å². The maximum absolute atomic E-state index is 12.5. The second-order valence-electron chi connectivity index (χ2n) is 6.92. The number of hydrogen-bond donors (Lipinski definition) is 2. The highest BCUT2D eigenvalue weighted by molar-refractivity contribution is 5.92. The van der Waals surface area contributed by atoms with Crippen LogP contribution in [0.15, 0.2) is 36.4 Å². The number of carbonyl (C=O) groups is 1. The van der Waals surface area contributed by atoms with E-state index in [0.717, 1.165) is 31.7 Å². The Labute approximate surface area is 141 Å². The normalized spacial score (nSPS) is 19.8. The van der Waals surface area contributed by atoms with Crippen molar-refractivity contribution in [3.8, 4) is 0 Å². The highest BCUT2D eigenvalue weighted by Gasteiger charge is 2.35. The van der Waals surface area contributed by atoms with Gasteiger partial charge in [-0.15, -0.1) is 0 Å². The highest BCUT2D eigenvalue weighted by atomic mass is 16.5. The first-order valence-corrected chi connectivity index (χ1v) is 8.74. The molecule has 1 aliphatic carbocycles. The average Bonchev–Trinajstić information content (AvgIpc) is 3.38. The Morgan fingerprint density at radius 3 is 2.71 bits per heavy atom. The van der Waals surface area contributed by atoms with Gasteiger partial charge in [0.1, 0.15) is 5.69 Å². The fourth-order valence-electron chi connectivity index (χ4n) is 3.52. The summed E-state index contributed by atoms with van der Waals surface area (Å²) in [5.74, 6) is 0.477. The van der Waals surface area contributed by atoms with Crippen LogP contribution in [0.1, 0.15) is 53.3 Å². The summed E-state index contributed by atoms with van der Waals surface area (Å²) in [5, 5.41) is 10.3. The van der Waals surface area contributed by atoms with Gasteiger partial charge >= 0.3 is 0 Å². The number of nitrogens with one attached hydrogen (secondary N) is 2. The van der Waals surface area contributed by atoms with E-state index < -0.39 is 0 Å². The molecule has 0 bridgehead atoms. The van der Waals surface area contributed by atoms with Crippen LogP contribution in [0.2, 0.25) is 0 Å². The Bertz CT molecular complexity index is 700. The molecule has 1 aliphatic heterocycles. The van der Waals surface area contributed by atoms with E-state index in [-0.39, 0.29) is 11.3 Å². The molecule has 0 spiro atoms. The smallest absolute Gasteiger partial charge is 0.271 e. The number of ether oxygens (including phenoxy) is 1. The quantitative estimate of drug-likeness (QED) is 0.888. The molecule has 1 aromatic carbocycles. The molecular formula is C19H23N3O2. The van der Waals surface area contributed by atoms with E-state index in [9.17, 15) is 4.79 Å². The van der Waals surface area contributed by atoms with E-state index in [4.69, 9.17) is 4.74 Å². The van der Waals surface area contributed by atoms with Gasteiger partial charge in [0, 0.05) is 36.8 Å². The molecule has 1 aromatic heterocycles. The summed E-state index contributed by atoms with van der Waals surface area (Å²) in [6.45, 7) is 2.09. The minimum Gasteiger partial charge on any atom is -0.381 e. The van der Waals surface area contributed by atoms with Crippen molar-refractivity contribution in [3.05, 3.63) is 53.3 Å². The topological polar surface area (TPSA) is 67.0 Å². The second kappa shape index (κ2) is 6.40. The summed E-state index contributed by atoms with van der Waals surface area (Å²) in [5.41, 5.74) is 2.80. The monoisotopic (exact) mass is 325 g/mol. The molecule has 0 atom stereocenters. The standard InChI is InChI=1S/C19H23N3O2/c23-18(17-12-16(21-22-17)14-6-7-14)20-13-19(8-10-24-11-9-19)15-4-2-1-3-5-15/h1-5,12,14H,6-11,13H2,(H,20,23)(H,21,22). The molecule has 2 heterocycles. The lowest BCUT2D eigenvalue weighted by molar-refractivity contribution is 0.0486. The van der Waals surface area contributed by atoms with Crippen molar-refractivity contribution in [1.29, 1.82) is 0 Å². The summed E-state index contributed by atoms with van der Waals surface area (Å²) >= 11 is 0. The zero-order valence-corrected chi connectivity index (χ0v) is 13.8. The van der Waals surface area contributed by atoms with Gasteiger partial charge in [0.25, 0.3) is 5.91 Å². The van der Waals surface area contributed by atoms with Crippen LogP contribution in [0.3, 0.4) is 0 Å². The van der Waals surface area contributed by atoms with Crippen LogP contribution in [0.4, 0.5) is 0 Å². The SMILES string of the molecule is O=C(NCC1(c2ccccc2)CCOCC1)c1cc(C2CC2)[nH]n1. The summed E-state index contributed by atoms with van der Waals surface area (Å²) in [6.07, 6.45) is 4.23. The number of carbonyl (C=O) groups excluding carboxylic acids is 1. The van der Waals surface area contributed by atoms with Crippen LogP contribution < -0.4 is 5.32 Å². The largest absolute Gasteiger partial charge is 0.381 e. The number of rotatable bonds is 5. The van der Waals surface area contributed by atoms with Gasteiger partial charge in [-0.05, 0) is 37.3 Å². The van der Waals surface area contributed by atoms with Crippen molar-refractivity contribution < 1.29 is 9.53 Å². The van der Waals surface area contributed by atoms with Gasteiger partial charge in [-0.1, -0.05) is 30.3 Å². The maximum atomic E-state index is 12.5. The van der Waals surface area contributed by atoms with Crippen LogP contribution in [0, 0.1) is 0 Å². The second-order valence-corrected chi connectivity index (χ2v) is 6.92. The zero-order valence-electron chi connectivity index (χ0n) is 13.8. The fourth-order valence-corrected chi connectivity index (χ4v) is 3.52. The van der Waals surface area contributed by atoms with Gasteiger partial charge in [-0.3, -0.25) is 9.89 Å². The summed E-state index contributed by atoms with van der Waals surface area (Å²) in [4.78, 5) is 12.5. The first kappa shape index (κ1) is 15.4. The Morgan fingerprint density at radius 2 is 2.00 bits per heavy atom. The van der Waals surface area contributed by atoms with Gasteiger partial charge in [-0.2, -0.15) is 5.10 Å². The van der Waals surface area contributed by atoms with Crippen molar-refractivity contribution in [3.63, 3.8) is 0 Å². The molecule has 126 valence electrons. The van der Waals surface area contributed by atoms with Crippen molar-refractivity contribution in [2.75, 3.05) is 19.8 Å². The lowest BCUT2D eigenvalue weighted by Gasteiger charge is -2.37. The minimum absolute atomic E-state index is 0.0508. The summed E-state index contributed by atoms with van der Waals surface area (Å²) in [6, 6.07) is 12.3. The molecule has 0 radical (unpaired) electrons. The Hall–Kier alpha value is -2.14. The molecular weight excluding hydrogens is 302 g/mol. The Kier molecular flexibility index (Phi) is 4.10. The van der Waals surface area contributed by atoms with Crippen LogP contribution in [-0.4, -0.2) is 35.9 Å². The van der Waals surface area contributed by atoms with Gasteiger partial charge in [0.05, 0.1) is 0 Å². The number of aromatic nitrogens is 2. The van der Waals surface area contributed by atoms with E-state index in [2.05, 4.69) is 39.8 Å². The molecule has 5 heteroatoms. The number of hydrogen-bond acceptors (Lipinski definition) is 3. The molecule has 5 nitrogen and oxygen atoms in total. The molecule has 24 heavy (non-hydrogen) atoms. The Morgan fingerprint density at radius 1 is 1.25 bits per heavy atom. The first-order chi connectivity index (χ1) is 11.8. The third-order valence-corrected chi connectivity index (χ3v) is 5.27. The number of nitrogens with zero attached hydrogens (tertiary/aromatic N) is 1. The van der Waals surface area contributed by atoms with Crippen LogP contribution in [-0.2, 0) is 10.2 Å². The predicted molar refractivity (Wildman–Crippen MR) is 91.1 cm³/mol. The fraction of sp³-hybridized carbons (Fsp3) is 0.474. The molecule has 1 amide bonds. The number of H-pyrrole nitrogens is 1. The lowest BCUT2D eigenvalue weighted by atomic mass is 9.74. The number of amides is 1. The maximum Gasteiger partial charge on any atom is 0.271 e. The lowest BCUT2D eigenvalue weighted by Crippen LogP contribution is -2.44. The predicted octanol–water partition coefficient (Wildman–Crippen LogP) is 2.77. The van der Waals surface area contributed by atoms with Gasteiger partial charge in [-0.25, -0.2) is 0 Å². The summed E-state index contributed by atoms with van der Waals surface area (Å²) in [7, 11) is 0. The Balaban J connectivity index is 1.47. The van der Waals surface area contributed by atoms with Crippen LogP contribution in [0.25, 0.3) is 0 Å². The summed E-state index contributed by atoms with van der Waals surface area (Å²) < 4.78 is 5.54. The molecule has 1 saturated heterocycles. The van der Waals surface area contributed by atoms with Crippen molar-refractivity contribution in [1.82, 2.24) is 15.5 Å². The third kappa shape index (κ3) is 3.08. The molecule has 4 rings (SSSR count). The van der Waals surface area contributed by atoms with Crippen LogP contribution >= 0.6 is 0 Å².